The van der Waals surface area contributed by atoms with Crippen molar-refractivity contribution in [3.63, 3.8) is 0 Å². The molecule has 2 N–H and O–H groups in total. The predicted octanol–water partition coefficient (Wildman–Crippen LogP) is 2.55. The molecule has 0 aliphatic carbocycles. The third kappa shape index (κ3) is 2.94. The van der Waals surface area contributed by atoms with Gasteiger partial charge in [0.1, 0.15) is 5.75 Å². The van der Waals surface area contributed by atoms with Gasteiger partial charge in [-0.1, -0.05) is 0 Å². The summed E-state index contributed by atoms with van der Waals surface area (Å²) in [5.41, 5.74) is -1.52. The summed E-state index contributed by atoms with van der Waals surface area (Å²) in [5.74, 6) is 0.483. The van der Waals surface area contributed by atoms with Gasteiger partial charge in [0.05, 0.1) is 16.9 Å². The highest BCUT2D eigenvalue weighted by atomic mass is 32.2. The Bertz CT molecular complexity index is 1040. The van der Waals surface area contributed by atoms with Crippen molar-refractivity contribution >= 4 is 26.4 Å². The molecule has 1 heterocycles. The molecule has 1 atom stereocenters. The number of hydrogen-bond donors (Lipinski definition) is 2. The van der Waals surface area contributed by atoms with Gasteiger partial charge in [-0.25, -0.2) is 8.42 Å². The van der Waals surface area contributed by atoms with Crippen LogP contribution >= 0.6 is 0 Å². The van der Waals surface area contributed by atoms with Crippen LogP contribution in [0.2, 0.25) is 0 Å². The number of aromatic amines is 1. The summed E-state index contributed by atoms with van der Waals surface area (Å²) in [7, 11) is -2.65. The molecule has 0 amide bonds. The van der Waals surface area contributed by atoms with Crippen LogP contribution in [-0.2, 0) is 9.84 Å². The first-order chi connectivity index (χ1) is 11.8. The number of H-pyrrole nitrogens is 1. The Labute approximate surface area is 142 Å². The largest absolute Gasteiger partial charge is 0.497 e. The van der Waals surface area contributed by atoms with Gasteiger partial charge in [0.25, 0.3) is 5.69 Å². The van der Waals surface area contributed by atoms with Crippen LogP contribution in [0.4, 0.5) is 5.69 Å². The van der Waals surface area contributed by atoms with Crippen LogP contribution in [0.15, 0.2) is 53.6 Å². The van der Waals surface area contributed by atoms with E-state index in [9.17, 15) is 23.6 Å². The molecule has 0 saturated carbocycles. The summed E-state index contributed by atoms with van der Waals surface area (Å²) in [4.78, 5) is 13.1. The molecular formula is C16H14N2O6S. The van der Waals surface area contributed by atoms with E-state index in [0.717, 1.165) is 0 Å². The number of fused-ring (bicyclic) bond motifs is 1. The highest BCUT2D eigenvalue weighted by Crippen LogP contribution is 2.33. The maximum absolute atomic E-state index is 12.7. The van der Waals surface area contributed by atoms with E-state index in [1.807, 2.05) is 0 Å². The molecule has 0 bridgehead atoms. The van der Waals surface area contributed by atoms with Crippen LogP contribution < -0.4 is 4.74 Å². The number of nitro benzene ring substituents is 1. The number of hydrogen-bond acceptors (Lipinski definition) is 6. The minimum Gasteiger partial charge on any atom is -0.497 e. The molecule has 0 spiro atoms. The zero-order valence-electron chi connectivity index (χ0n) is 13.0. The fraction of sp³-hybridized carbons (Fsp3) is 0.125. The second-order valence-electron chi connectivity index (χ2n) is 5.30. The van der Waals surface area contributed by atoms with Crippen molar-refractivity contribution in [3.05, 3.63) is 64.3 Å². The van der Waals surface area contributed by atoms with Gasteiger partial charge in [0.2, 0.25) is 9.84 Å². The van der Waals surface area contributed by atoms with Gasteiger partial charge < -0.3 is 14.8 Å². The number of rotatable bonds is 5. The van der Waals surface area contributed by atoms with Gasteiger partial charge in [-0.2, -0.15) is 0 Å². The molecule has 25 heavy (non-hydrogen) atoms. The van der Waals surface area contributed by atoms with Crippen molar-refractivity contribution in [2.24, 2.45) is 0 Å². The lowest BCUT2D eigenvalue weighted by molar-refractivity contribution is -0.384. The Morgan fingerprint density at radius 3 is 2.48 bits per heavy atom. The van der Waals surface area contributed by atoms with E-state index >= 15 is 0 Å². The van der Waals surface area contributed by atoms with Crippen molar-refractivity contribution in [2.45, 2.75) is 10.3 Å². The molecular weight excluding hydrogens is 348 g/mol. The van der Waals surface area contributed by atoms with E-state index in [-0.39, 0.29) is 21.5 Å². The van der Waals surface area contributed by atoms with Gasteiger partial charge in [-0.3, -0.25) is 10.1 Å². The Morgan fingerprint density at radius 2 is 1.88 bits per heavy atom. The normalized spacial score (nSPS) is 12.9. The van der Waals surface area contributed by atoms with Crippen LogP contribution in [0, 0.1) is 10.1 Å². The number of sulfone groups is 1. The summed E-state index contributed by atoms with van der Waals surface area (Å²) >= 11 is 0. The van der Waals surface area contributed by atoms with Crippen molar-refractivity contribution < 1.29 is 23.2 Å². The smallest absolute Gasteiger partial charge is 0.270 e. The van der Waals surface area contributed by atoms with Crippen molar-refractivity contribution in [1.29, 1.82) is 0 Å². The fourth-order valence-electron chi connectivity index (χ4n) is 2.51. The quantitative estimate of drug-likeness (QED) is 0.531. The first kappa shape index (κ1) is 16.9. The minimum atomic E-state index is -4.10. The maximum Gasteiger partial charge on any atom is 0.270 e. The monoisotopic (exact) mass is 362 g/mol. The molecule has 9 heteroatoms. The second kappa shape index (κ2) is 6.19. The van der Waals surface area contributed by atoms with E-state index in [1.54, 1.807) is 0 Å². The fourth-order valence-corrected chi connectivity index (χ4v) is 3.81. The molecule has 130 valence electrons. The lowest BCUT2D eigenvalue weighted by Gasteiger charge is -2.12. The van der Waals surface area contributed by atoms with E-state index in [2.05, 4.69) is 4.98 Å². The van der Waals surface area contributed by atoms with E-state index < -0.39 is 20.2 Å². The van der Waals surface area contributed by atoms with Crippen LogP contribution in [0.1, 0.15) is 11.0 Å². The molecule has 0 aliphatic heterocycles. The number of nitrogens with zero attached hydrogens (tertiary/aromatic N) is 1. The van der Waals surface area contributed by atoms with Crippen LogP contribution in [-0.4, -0.2) is 30.5 Å². The summed E-state index contributed by atoms with van der Waals surface area (Å²) in [6.07, 6.45) is 1.33. The molecule has 2 aromatic carbocycles. The first-order valence-corrected chi connectivity index (χ1v) is 8.70. The van der Waals surface area contributed by atoms with Gasteiger partial charge in [0.15, 0.2) is 5.44 Å². The summed E-state index contributed by atoms with van der Waals surface area (Å²) in [6.45, 7) is 0. The summed E-state index contributed by atoms with van der Waals surface area (Å²) in [6, 6.07) is 9.59. The standard InChI is InChI=1S/C16H14N2O6S/c1-24-11-3-5-12(6-4-11)25(22,23)16(19)14-9-17-15-7-2-10(18(20)21)8-13(14)15/h2-9,16-17,19H,1H3. The van der Waals surface area contributed by atoms with E-state index in [4.69, 9.17) is 4.74 Å². The Kier molecular flexibility index (Phi) is 4.19. The maximum atomic E-state index is 12.7. The lowest BCUT2D eigenvalue weighted by Crippen LogP contribution is -2.13. The molecule has 1 unspecified atom stereocenters. The molecule has 1 aromatic heterocycles. The van der Waals surface area contributed by atoms with Crippen molar-refractivity contribution in [3.8, 4) is 5.75 Å². The Morgan fingerprint density at radius 1 is 1.20 bits per heavy atom. The molecule has 0 radical (unpaired) electrons. The highest BCUT2D eigenvalue weighted by Gasteiger charge is 2.29. The number of aliphatic hydroxyl groups is 1. The number of non-ortho nitro benzene ring substituents is 1. The Hall–Kier alpha value is -2.91. The Balaban J connectivity index is 2.07. The molecule has 0 saturated heterocycles. The molecule has 0 aliphatic rings. The molecule has 0 fully saturated rings. The van der Waals surface area contributed by atoms with Gasteiger partial charge in [-0.05, 0) is 30.3 Å². The van der Waals surface area contributed by atoms with Crippen LogP contribution in [0.5, 0.6) is 5.75 Å². The number of aromatic nitrogens is 1. The van der Waals surface area contributed by atoms with Crippen LogP contribution in [0.25, 0.3) is 10.9 Å². The average Bonchev–Trinajstić information content (AvgIpc) is 3.04. The summed E-state index contributed by atoms with van der Waals surface area (Å²) < 4.78 is 30.3. The number of nitrogens with one attached hydrogen (secondary N) is 1. The third-order valence-electron chi connectivity index (χ3n) is 3.86. The second-order valence-corrected chi connectivity index (χ2v) is 7.31. The average molecular weight is 362 g/mol. The van der Waals surface area contributed by atoms with Gasteiger partial charge in [-0.15, -0.1) is 0 Å². The SMILES string of the molecule is COc1ccc(S(=O)(=O)C(O)c2c[nH]c3ccc([N+](=O)[O-])cc23)cc1. The van der Waals surface area contributed by atoms with E-state index in [0.29, 0.717) is 11.3 Å². The first-order valence-electron chi connectivity index (χ1n) is 7.16. The van der Waals surface area contributed by atoms with Gasteiger partial charge in [0, 0.05) is 34.8 Å². The third-order valence-corrected chi connectivity index (χ3v) is 5.63. The number of aliphatic hydroxyl groups excluding tert-OH is 1. The van der Waals surface area contributed by atoms with Gasteiger partial charge >= 0.3 is 0 Å². The molecule has 3 aromatic rings. The number of benzene rings is 2. The number of methoxy groups -OCH3 is 1. The van der Waals surface area contributed by atoms with Crippen molar-refractivity contribution in [2.75, 3.05) is 7.11 Å². The van der Waals surface area contributed by atoms with E-state index in [1.165, 1.54) is 55.8 Å². The minimum absolute atomic E-state index is 0.0505. The molecule has 8 nitrogen and oxygen atoms in total. The van der Waals surface area contributed by atoms with Crippen molar-refractivity contribution in [1.82, 2.24) is 4.98 Å². The summed E-state index contributed by atoms with van der Waals surface area (Å²) in [5, 5.41) is 21.6. The zero-order valence-corrected chi connectivity index (χ0v) is 13.9. The number of nitro groups is 1. The zero-order chi connectivity index (χ0) is 18.2. The number of ether oxygens (including phenoxy) is 1. The molecule has 3 rings (SSSR count). The van der Waals surface area contributed by atoms with Crippen LogP contribution in [0.3, 0.4) is 0 Å². The predicted molar refractivity (Wildman–Crippen MR) is 90.1 cm³/mol. The lowest BCUT2D eigenvalue weighted by atomic mass is 10.1. The highest BCUT2D eigenvalue weighted by molar-refractivity contribution is 7.91. The topological polar surface area (TPSA) is 123 Å².